The van der Waals surface area contributed by atoms with E-state index in [1.807, 2.05) is 37.4 Å². The number of aromatic nitrogens is 2. The van der Waals surface area contributed by atoms with Gasteiger partial charge in [-0.2, -0.15) is 0 Å². The summed E-state index contributed by atoms with van der Waals surface area (Å²) in [7, 11) is 0. The average Bonchev–Trinajstić information content (AvgIpc) is 2.52. The van der Waals surface area contributed by atoms with Gasteiger partial charge >= 0.3 is 0 Å². The summed E-state index contributed by atoms with van der Waals surface area (Å²) in [6.07, 6.45) is 1.88. The maximum absolute atomic E-state index is 5.66. The van der Waals surface area contributed by atoms with Crippen molar-refractivity contribution in [3.63, 3.8) is 0 Å². The van der Waals surface area contributed by atoms with Crippen LogP contribution in [0.4, 0.5) is 5.69 Å². The quantitative estimate of drug-likeness (QED) is 0.648. The lowest BCUT2D eigenvalue weighted by atomic mass is 10.1. The number of imidazole rings is 1. The molecule has 3 N–H and O–H groups in total. The lowest BCUT2D eigenvalue weighted by molar-refractivity contribution is 1.15. The first-order valence-electron chi connectivity index (χ1n) is 4.13. The van der Waals surface area contributed by atoms with E-state index in [4.69, 9.17) is 5.73 Å². The number of rotatable bonds is 1. The second kappa shape index (κ2) is 2.94. The van der Waals surface area contributed by atoms with Gasteiger partial charge in [-0.1, -0.05) is 12.1 Å². The van der Waals surface area contributed by atoms with Crippen molar-refractivity contribution in [2.24, 2.45) is 0 Å². The molecule has 3 nitrogen and oxygen atoms in total. The highest BCUT2D eigenvalue weighted by Gasteiger charge is 2.00. The van der Waals surface area contributed by atoms with E-state index < -0.39 is 0 Å². The lowest BCUT2D eigenvalue weighted by Crippen LogP contribution is -1.85. The number of nitrogen functional groups attached to an aromatic ring is 1. The molecule has 1 aromatic heterocycles. The summed E-state index contributed by atoms with van der Waals surface area (Å²) in [5.41, 5.74) is 8.41. The molecular formula is C10H11N3. The molecule has 13 heavy (non-hydrogen) atoms. The summed E-state index contributed by atoms with van der Waals surface area (Å²) in [5, 5.41) is 0. The van der Waals surface area contributed by atoms with Crippen LogP contribution >= 0.6 is 0 Å². The number of benzene rings is 1. The number of anilines is 1. The van der Waals surface area contributed by atoms with Gasteiger partial charge in [0, 0.05) is 17.4 Å². The first-order chi connectivity index (χ1) is 6.25. The zero-order valence-electron chi connectivity index (χ0n) is 7.41. The first-order valence-corrected chi connectivity index (χ1v) is 4.13. The van der Waals surface area contributed by atoms with E-state index in [1.165, 1.54) is 0 Å². The van der Waals surface area contributed by atoms with Gasteiger partial charge in [-0.25, -0.2) is 4.98 Å². The first kappa shape index (κ1) is 7.86. The second-order valence-corrected chi connectivity index (χ2v) is 3.00. The molecule has 0 aliphatic carbocycles. The molecule has 0 bridgehead atoms. The van der Waals surface area contributed by atoms with Crippen LogP contribution in [0.25, 0.3) is 11.3 Å². The van der Waals surface area contributed by atoms with Gasteiger partial charge in [0.25, 0.3) is 0 Å². The highest BCUT2D eigenvalue weighted by Crippen LogP contribution is 2.18. The van der Waals surface area contributed by atoms with E-state index in [1.54, 1.807) is 0 Å². The third-order valence-corrected chi connectivity index (χ3v) is 1.89. The van der Waals surface area contributed by atoms with Gasteiger partial charge < -0.3 is 10.7 Å². The van der Waals surface area contributed by atoms with Crippen molar-refractivity contribution < 1.29 is 0 Å². The maximum atomic E-state index is 5.66. The van der Waals surface area contributed by atoms with Crippen molar-refractivity contribution in [1.82, 2.24) is 9.97 Å². The molecule has 0 saturated heterocycles. The number of nitrogens with zero attached hydrogens (tertiary/aromatic N) is 1. The minimum atomic E-state index is 0.762. The predicted molar refractivity (Wildman–Crippen MR) is 53.2 cm³/mol. The highest BCUT2D eigenvalue weighted by atomic mass is 14.9. The zero-order chi connectivity index (χ0) is 9.26. The molecule has 0 unspecified atom stereocenters. The lowest BCUT2D eigenvalue weighted by Gasteiger charge is -1.96. The van der Waals surface area contributed by atoms with Gasteiger partial charge in [0.2, 0.25) is 0 Å². The molecule has 0 spiro atoms. The molecule has 2 rings (SSSR count). The Morgan fingerprint density at radius 1 is 1.38 bits per heavy atom. The number of aromatic amines is 1. The Morgan fingerprint density at radius 3 is 2.85 bits per heavy atom. The normalized spacial score (nSPS) is 10.2. The number of hydrogen-bond acceptors (Lipinski definition) is 2. The smallest absolute Gasteiger partial charge is 0.103 e. The van der Waals surface area contributed by atoms with Crippen molar-refractivity contribution >= 4 is 5.69 Å². The van der Waals surface area contributed by atoms with E-state index in [0.717, 1.165) is 22.8 Å². The molecule has 0 saturated carbocycles. The number of nitrogens with one attached hydrogen (secondary N) is 1. The fourth-order valence-electron chi connectivity index (χ4n) is 1.26. The molecule has 3 heteroatoms. The summed E-state index contributed by atoms with van der Waals surface area (Å²) in [5.74, 6) is 0.914. The summed E-state index contributed by atoms with van der Waals surface area (Å²) in [6.45, 7) is 1.93. The molecule has 0 fully saturated rings. The van der Waals surface area contributed by atoms with Crippen LogP contribution in [0.1, 0.15) is 5.82 Å². The van der Waals surface area contributed by atoms with E-state index in [9.17, 15) is 0 Å². The van der Waals surface area contributed by atoms with E-state index >= 15 is 0 Å². The highest BCUT2D eigenvalue weighted by molar-refractivity contribution is 5.63. The van der Waals surface area contributed by atoms with Crippen LogP contribution < -0.4 is 5.73 Å². The number of nitrogens with two attached hydrogens (primary N) is 1. The SMILES string of the molecule is Cc1nc(-c2cccc(N)c2)c[nH]1. The third-order valence-electron chi connectivity index (χ3n) is 1.89. The summed E-state index contributed by atoms with van der Waals surface area (Å²) in [6, 6.07) is 7.69. The van der Waals surface area contributed by atoms with E-state index in [0.29, 0.717) is 0 Å². The monoisotopic (exact) mass is 173 g/mol. The molecule has 0 amide bonds. The Labute approximate surface area is 76.6 Å². The Kier molecular flexibility index (Phi) is 1.77. The van der Waals surface area contributed by atoms with Crippen molar-refractivity contribution in [1.29, 1.82) is 0 Å². The minimum absolute atomic E-state index is 0.762. The Bertz CT molecular complexity index is 418. The van der Waals surface area contributed by atoms with E-state index in [-0.39, 0.29) is 0 Å². The largest absolute Gasteiger partial charge is 0.399 e. The Balaban J connectivity index is 2.46. The number of aryl methyl sites for hydroxylation is 1. The standard InChI is InChI=1S/C10H11N3/c1-7-12-6-10(13-7)8-3-2-4-9(11)5-8/h2-6H,11H2,1H3,(H,12,13). The number of hydrogen-bond donors (Lipinski definition) is 2. The zero-order valence-corrected chi connectivity index (χ0v) is 7.41. The summed E-state index contributed by atoms with van der Waals surface area (Å²) in [4.78, 5) is 7.35. The van der Waals surface area contributed by atoms with Crippen LogP contribution in [0, 0.1) is 6.92 Å². The van der Waals surface area contributed by atoms with Gasteiger partial charge in [0.15, 0.2) is 0 Å². The summed E-state index contributed by atoms with van der Waals surface area (Å²) < 4.78 is 0. The Morgan fingerprint density at radius 2 is 2.23 bits per heavy atom. The van der Waals surface area contributed by atoms with Crippen molar-refractivity contribution in [3.8, 4) is 11.3 Å². The fourth-order valence-corrected chi connectivity index (χ4v) is 1.26. The van der Waals surface area contributed by atoms with Crippen molar-refractivity contribution in [3.05, 3.63) is 36.3 Å². The van der Waals surface area contributed by atoms with Crippen LogP contribution in [-0.4, -0.2) is 9.97 Å². The average molecular weight is 173 g/mol. The topological polar surface area (TPSA) is 54.7 Å². The van der Waals surface area contributed by atoms with Crippen LogP contribution in [0.15, 0.2) is 30.5 Å². The molecule has 1 heterocycles. The van der Waals surface area contributed by atoms with Gasteiger partial charge in [-0.3, -0.25) is 0 Å². The van der Waals surface area contributed by atoms with Crippen molar-refractivity contribution in [2.45, 2.75) is 6.92 Å². The molecule has 0 aliphatic heterocycles. The van der Waals surface area contributed by atoms with E-state index in [2.05, 4.69) is 9.97 Å². The van der Waals surface area contributed by atoms with Crippen LogP contribution in [-0.2, 0) is 0 Å². The summed E-state index contributed by atoms with van der Waals surface area (Å²) >= 11 is 0. The molecule has 0 atom stereocenters. The second-order valence-electron chi connectivity index (χ2n) is 3.00. The fraction of sp³-hybridized carbons (Fsp3) is 0.100. The van der Waals surface area contributed by atoms with Gasteiger partial charge in [-0.05, 0) is 19.1 Å². The molecule has 2 aromatic rings. The molecule has 0 aliphatic rings. The van der Waals surface area contributed by atoms with Crippen molar-refractivity contribution in [2.75, 3.05) is 5.73 Å². The maximum Gasteiger partial charge on any atom is 0.103 e. The van der Waals surface area contributed by atoms with Gasteiger partial charge in [-0.15, -0.1) is 0 Å². The molecule has 0 radical (unpaired) electrons. The number of H-pyrrole nitrogens is 1. The minimum Gasteiger partial charge on any atom is -0.399 e. The molecular weight excluding hydrogens is 162 g/mol. The molecule has 1 aromatic carbocycles. The predicted octanol–water partition coefficient (Wildman–Crippen LogP) is 1.97. The Hall–Kier alpha value is -1.77. The van der Waals surface area contributed by atoms with Crippen LogP contribution in [0.3, 0.4) is 0 Å². The van der Waals surface area contributed by atoms with Crippen LogP contribution in [0.2, 0.25) is 0 Å². The van der Waals surface area contributed by atoms with Gasteiger partial charge in [0.1, 0.15) is 5.82 Å². The van der Waals surface area contributed by atoms with Gasteiger partial charge in [0.05, 0.1) is 5.69 Å². The van der Waals surface area contributed by atoms with Crippen LogP contribution in [0.5, 0.6) is 0 Å². The third kappa shape index (κ3) is 1.54. The molecule has 66 valence electrons.